The van der Waals surface area contributed by atoms with Gasteiger partial charge in [-0.2, -0.15) is 0 Å². The van der Waals surface area contributed by atoms with Crippen LogP contribution in [0.15, 0.2) is 29.2 Å². The summed E-state index contributed by atoms with van der Waals surface area (Å²) in [6, 6.07) is 5.86. The first-order valence-electron chi connectivity index (χ1n) is 5.92. The Morgan fingerprint density at radius 3 is 2.70 bits per heavy atom. The molecule has 0 spiro atoms. The van der Waals surface area contributed by atoms with Crippen LogP contribution in [0.4, 0.5) is 5.69 Å². The molecule has 8 heteroatoms. The van der Waals surface area contributed by atoms with Crippen molar-refractivity contribution in [2.75, 3.05) is 18.5 Å². The van der Waals surface area contributed by atoms with Crippen molar-refractivity contribution in [1.82, 2.24) is 4.72 Å². The van der Waals surface area contributed by atoms with E-state index in [1.54, 1.807) is 6.07 Å². The lowest BCUT2D eigenvalue weighted by Crippen LogP contribution is -2.26. The molecule has 0 aromatic heterocycles. The maximum absolute atomic E-state index is 11.8. The SMILES string of the molecule is CNS(=O)(=O)c1cccc(N2CC(C(=O)O)CC2=O)c1. The quantitative estimate of drug-likeness (QED) is 0.816. The molecule has 0 saturated carbocycles. The van der Waals surface area contributed by atoms with Crippen LogP contribution in [0.25, 0.3) is 0 Å². The number of rotatable bonds is 4. The summed E-state index contributed by atoms with van der Waals surface area (Å²) in [6.45, 7) is 0.0528. The van der Waals surface area contributed by atoms with E-state index in [1.165, 1.54) is 30.1 Å². The number of sulfonamides is 1. The number of nitrogens with zero attached hydrogens (tertiary/aromatic N) is 1. The standard InChI is InChI=1S/C12H14N2O5S/c1-13-20(18,19)10-4-2-3-9(6-10)14-7-8(12(16)17)5-11(14)15/h2-4,6,8,13H,5,7H2,1H3,(H,16,17). The maximum atomic E-state index is 11.8. The summed E-state index contributed by atoms with van der Waals surface area (Å²) in [5.41, 5.74) is 0.384. The minimum absolute atomic E-state index is 0.0316. The molecule has 1 fully saturated rings. The van der Waals surface area contributed by atoms with Crippen molar-refractivity contribution in [1.29, 1.82) is 0 Å². The van der Waals surface area contributed by atoms with Gasteiger partial charge < -0.3 is 10.0 Å². The zero-order chi connectivity index (χ0) is 14.9. The third-order valence-corrected chi connectivity index (χ3v) is 4.59. The van der Waals surface area contributed by atoms with Gasteiger partial charge in [-0.15, -0.1) is 0 Å². The highest BCUT2D eigenvalue weighted by Crippen LogP contribution is 2.26. The molecule has 0 radical (unpaired) electrons. The Bertz CT molecular complexity index is 656. The van der Waals surface area contributed by atoms with Gasteiger partial charge in [0.05, 0.1) is 10.8 Å². The van der Waals surface area contributed by atoms with Gasteiger partial charge in [0.25, 0.3) is 0 Å². The Kier molecular flexibility index (Phi) is 3.78. The minimum Gasteiger partial charge on any atom is -0.481 e. The minimum atomic E-state index is -3.60. The Balaban J connectivity index is 2.33. The van der Waals surface area contributed by atoms with Gasteiger partial charge in [0.15, 0.2) is 0 Å². The van der Waals surface area contributed by atoms with Crippen LogP contribution < -0.4 is 9.62 Å². The second-order valence-corrected chi connectivity index (χ2v) is 6.34. The number of aliphatic carboxylic acids is 1. The highest BCUT2D eigenvalue weighted by atomic mass is 32.2. The van der Waals surface area contributed by atoms with Gasteiger partial charge in [0, 0.05) is 18.7 Å². The molecule has 1 aromatic rings. The van der Waals surface area contributed by atoms with E-state index in [9.17, 15) is 18.0 Å². The zero-order valence-electron chi connectivity index (χ0n) is 10.7. The van der Waals surface area contributed by atoms with Gasteiger partial charge in [0.1, 0.15) is 0 Å². The van der Waals surface area contributed by atoms with Crippen molar-refractivity contribution < 1.29 is 23.1 Å². The fourth-order valence-electron chi connectivity index (χ4n) is 2.06. The third kappa shape index (κ3) is 2.66. The van der Waals surface area contributed by atoms with Gasteiger partial charge in [-0.3, -0.25) is 9.59 Å². The summed E-state index contributed by atoms with van der Waals surface area (Å²) < 4.78 is 25.6. The van der Waals surface area contributed by atoms with E-state index >= 15 is 0 Å². The zero-order valence-corrected chi connectivity index (χ0v) is 11.6. The summed E-state index contributed by atoms with van der Waals surface area (Å²) in [4.78, 5) is 24.1. The van der Waals surface area contributed by atoms with E-state index in [2.05, 4.69) is 4.72 Å². The predicted octanol–water partition coefficient (Wildman–Crippen LogP) is 0.0322. The number of amides is 1. The predicted molar refractivity (Wildman–Crippen MR) is 70.8 cm³/mol. The molecule has 1 heterocycles. The van der Waals surface area contributed by atoms with Crippen LogP contribution >= 0.6 is 0 Å². The summed E-state index contributed by atoms with van der Waals surface area (Å²) in [5.74, 6) is -2.11. The topological polar surface area (TPSA) is 104 Å². The monoisotopic (exact) mass is 298 g/mol. The lowest BCUT2D eigenvalue weighted by molar-refractivity contribution is -0.141. The number of hydrogen-bond acceptors (Lipinski definition) is 4. The van der Waals surface area contributed by atoms with E-state index in [4.69, 9.17) is 5.11 Å². The van der Waals surface area contributed by atoms with E-state index in [0.717, 1.165) is 0 Å². The van der Waals surface area contributed by atoms with E-state index in [0.29, 0.717) is 5.69 Å². The number of benzene rings is 1. The number of anilines is 1. The normalized spacial score (nSPS) is 19.4. The first-order valence-corrected chi connectivity index (χ1v) is 7.40. The van der Waals surface area contributed by atoms with Gasteiger partial charge in [0.2, 0.25) is 15.9 Å². The van der Waals surface area contributed by atoms with E-state index < -0.39 is 21.9 Å². The van der Waals surface area contributed by atoms with Crippen LogP contribution in [0.3, 0.4) is 0 Å². The van der Waals surface area contributed by atoms with Gasteiger partial charge in [-0.05, 0) is 25.2 Å². The lowest BCUT2D eigenvalue weighted by Gasteiger charge is -2.17. The highest BCUT2D eigenvalue weighted by Gasteiger charge is 2.35. The maximum Gasteiger partial charge on any atom is 0.308 e. The average Bonchev–Trinajstić information content (AvgIpc) is 2.81. The Morgan fingerprint density at radius 2 is 2.15 bits per heavy atom. The van der Waals surface area contributed by atoms with Crippen molar-refractivity contribution in [3.05, 3.63) is 24.3 Å². The molecule has 1 amide bonds. The highest BCUT2D eigenvalue weighted by molar-refractivity contribution is 7.89. The molecule has 1 saturated heterocycles. The Hall–Kier alpha value is -1.93. The first kappa shape index (κ1) is 14.5. The molecule has 0 aliphatic carbocycles. The fraction of sp³-hybridized carbons (Fsp3) is 0.333. The number of nitrogens with one attached hydrogen (secondary N) is 1. The molecule has 1 unspecified atom stereocenters. The Morgan fingerprint density at radius 1 is 1.45 bits per heavy atom. The largest absolute Gasteiger partial charge is 0.481 e. The van der Waals surface area contributed by atoms with Crippen molar-refractivity contribution in [2.24, 2.45) is 5.92 Å². The summed E-state index contributed by atoms with van der Waals surface area (Å²) >= 11 is 0. The molecule has 20 heavy (non-hydrogen) atoms. The second kappa shape index (κ2) is 5.22. The van der Waals surface area contributed by atoms with E-state index in [-0.39, 0.29) is 23.8 Å². The van der Waals surface area contributed by atoms with Gasteiger partial charge >= 0.3 is 5.97 Å². The molecule has 1 aromatic carbocycles. The molecule has 7 nitrogen and oxygen atoms in total. The number of carbonyl (C=O) groups excluding carboxylic acids is 1. The number of carboxylic acid groups (broad SMARTS) is 1. The van der Waals surface area contributed by atoms with E-state index in [1.807, 2.05) is 0 Å². The van der Waals surface area contributed by atoms with Crippen molar-refractivity contribution in [2.45, 2.75) is 11.3 Å². The molecule has 108 valence electrons. The van der Waals surface area contributed by atoms with Crippen molar-refractivity contribution in [3.63, 3.8) is 0 Å². The third-order valence-electron chi connectivity index (χ3n) is 3.18. The fourth-order valence-corrected chi connectivity index (χ4v) is 2.83. The number of carboxylic acids is 1. The van der Waals surface area contributed by atoms with Gasteiger partial charge in [-0.1, -0.05) is 6.07 Å². The molecular weight excluding hydrogens is 284 g/mol. The molecule has 0 bridgehead atoms. The molecule has 2 rings (SSSR count). The molecular formula is C12H14N2O5S. The summed E-state index contributed by atoms with van der Waals surface area (Å²) in [6.07, 6.45) is -0.0711. The van der Waals surface area contributed by atoms with Crippen LogP contribution in [-0.4, -0.2) is 39.0 Å². The van der Waals surface area contributed by atoms with Gasteiger partial charge in [-0.25, -0.2) is 13.1 Å². The lowest BCUT2D eigenvalue weighted by atomic mass is 10.1. The first-order chi connectivity index (χ1) is 9.35. The van der Waals surface area contributed by atoms with Crippen LogP contribution in [0.5, 0.6) is 0 Å². The van der Waals surface area contributed by atoms with Crippen LogP contribution in [0.1, 0.15) is 6.42 Å². The smallest absolute Gasteiger partial charge is 0.308 e. The average molecular weight is 298 g/mol. The number of carbonyl (C=O) groups is 2. The van der Waals surface area contributed by atoms with Crippen molar-refractivity contribution in [3.8, 4) is 0 Å². The van der Waals surface area contributed by atoms with Crippen LogP contribution in [-0.2, 0) is 19.6 Å². The summed E-state index contributed by atoms with van der Waals surface area (Å²) in [5, 5.41) is 8.93. The van der Waals surface area contributed by atoms with Crippen LogP contribution in [0.2, 0.25) is 0 Å². The molecule has 2 N–H and O–H groups in total. The molecule has 1 aliphatic rings. The number of hydrogen-bond donors (Lipinski definition) is 2. The second-order valence-electron chi connectivity index (χ2n) is 4.45. The Labute approximate surface area is 116 Å². The summed E-state index contributed by atoms with van der Waals surface area (Å²) in [7, 11) is -2.31. The van der Waals surface area contributed by atoms with Crippen molar-refractivity contribution >= 4 is 27.6 Å². The van der Waals surface area contributed by atoms with Crippen LogP contribution in [0, 0.1) is 5.92 Å². The molecule has 1 atom stereocenters. The molecule has 1 aliphatic heterocycles.